The molecule has 1 unspecified atom stereocenters. The van der Waals surface area contributed by atoms with Gasteiger partial charge in [-0.05, 0) is 46.1 Å². The van der Waals surface area contributed by atoms with Gasteiger partial charge in [0.1, 0.15) is 5.60 Å². The first-order chi connectivity index (χ1) is 11.5. The molecule has 6 heteroatoms. The van der Waals surface area contributed by atoms with Crippen LogP contribution in [0.3, 0.4) is 0 Å². The van der Waals surface area contributed by atoms with Crippen molar-refractivity contribution >= 4 is 6.09 Å². The molecule has 1 rings (SSSR count). The van der Waals surface area contributed by atoms with Crippen LogP contribution in [0.2, 0.25) is 0 Å². The molecule has 0 aromatic carbocycles. The van der Waals surface area contributed by atoms with Crippen molar-refractivity contribution in [3.8, 4) is 5.88 Å². The van der Waals surface area contributed by atoms with E-state index in [1.807, 2.05) is 39.0 Å². The largest absolute Gasteiger partial charge is 0.481 e. The Labute approximate surface area is 151 Å². The molecule has 0 saturated heterocycles. The molecular weight excluding hydrogens is 318 g/mol. The van der Waals surface area contributed by atoms with E-state index < -0.39 is 11.7 Å². The first-order valence-corrected chi connectivity index (χ1v) is 8.75. The highest BCUT2D eigenvalue weighted by atomic mass is 16.6. The van der Waals surface area contributed by atoms with Crippen molar-refractivity contribution in [1.82, 2.24) is 15.6 Å². The van der Waals surface area contributed by atoms with Crippen LogP contribution in [-0.4, -0.2) is 35.9 Å². The molecule has 1 aromatic heterocycles. The average Bonchev–Trinajstić information content (AvgIpc) is 2.49. The summed E-state index contributed by atoms with van der Waals surface area (Å²) in [7, 11) is 1.60. The maximum Gasteiger partial charge on any atom is 0.407 e. The Kier molecular flexibility index (Phi) is 7.67. The Morgan fingerprint density at radius 1 is 1.24 bits per heavy atom. The summed E-state index contributed by atoms with van der Waals surface area (Å²) in [6.45, 7) is 13.1. The first-order valence-electron chi connectivity index (χ1n) is 8.75. The van der Waals surface area contributed by atoms with Crippen LogP contribution in [0.25, 0.3) is 0 Å². The number of alkyl carbamates (subject to hydrolysis) is 1. The fraction of sp³-hybridized carbons (Fsp3) is 0.684. The van der Waals surface area contributed by atoms with Gasteiger partial charge in [0.2, 0.25) is 5.88 Å². The molecule has 2 N–H and O–H groups in total. The summed E-state index contributed by atoms with van der Waals surface area (Å²) in [6.07, 6.45) is 0.510. The molecule has 25 heavy (non-hydrogen) atoms. The van der Waals surface area contributed by atoms with Crippen molar-refractivity contribution in [2.24, 2.45) is 5.92 Å². The summed E-state index contributed by atoms with van der Waals surface area (Å²) in [4.78, 5) is 16.4. The molecule has 1 heterocycles. The minimum atomic E-state index is -0.503. The zero-order valence-electron chi connectivity index (χ0n) is 16.6. The molecule has 1 amide bonds. The molecule has 0 bridgehead atoms. The van der Waals surface area contributed by atoms with E-state index in [9.17, 15) is 4.79 Å². The Morgan fingerprint density at radius 2 is 1.92 bits per heavy atom. The lowest BCUT2D eigenvalue weighted by molar-refractivity contribution is 0.0507. The highest BCUT2D eigenvalue weighted by Crippen LogP contribution is 2.17. The predicted molar refractivity (Wildman–Crippen MR) is 99.7 cm³/mol. The molecule has 0 fully saturated rings. The highest BCUT2D eigenvalue weighted by molar-refractivity contribution is 5.67. The summed E-state index contributed by atoms with van der Waals surface area (Å²) in [5.74, 6) is 1.08. The highest BCUT2D eigenvalue weighted by Gasteiger charge is 2.27. The van der Waals surface area contributed by atoms with Gasteiger partial charge < -0.3 is 20.1 Å². The van der Waals surface area contributed by atoms with Gasteiger partial charge in [-0.1, -0.05) is 19.9 Å². The van der Waals surface area contributed by atoms with E-state index in [1.165, 1.54) is 0 Å². The van der Waals surface area contributed by atoms with Gasteiger partial charge in [-0.25, -0.2) is 9.78 Å². The number of nitrogens with one attached hydrogen (secondary N) is 2. The number of methoxy groups -OCH3 is 1. The van der Waals surface area contributed by atoms with Gasteiger partial charge in [-0.3, -0.25) is 0 Å². The van der Waals surface area contributed by atoms with Crippen LogP contribution in [0.1, 0.15) is 53.7 Å². The quantitative estimate of drug-likeness (QED) is 0.750. The van der Waals surface area contributed by atoms with Crippen molar-refractivity contribution < 1.29 is 14.3 Å². The second kappa shape index (κ2) is 9.04. The van der Waals surface area contributed by atoms with Gasteiger partial charge in [0.05, 0.1) is 12.8 Å². The summed E-state index contributed by atoms with van der Waals surface area (Å²) in [5, 5.41) is 6.40. The lowest BCUT2D eigenvalue weighted by Gasteiger charge is -2.33. The van der Waals surface area contributed by atoms with Gasteiger partial charge in [0.25, 0.3) is 0 Å². The van der Waals surface area contributed by atoms with Crippen LogP contribution < -0.4 is 15.4 Å². The third-order valence-corrected chi connectivity index (χ3v) is 3.57. The maximum absolute atomic E-state index is 12.0. The minimum Gasteiger partial charge on any atom is -0.481 e. The van der Waals surface area contributed by atoms with Gasteiger partial charge in [0, 0.05) is 24.7 Å². The van der Waals surface area contributed by atoms with Crippen molar-refractivity contribution in [2.75, 3.05) is 13.7 Å². The van der Waals surface area contributed by atoms with Crippen LogP contribution >= 0.6 is 0 Å². The predicted octanol–water partition coefficient (Wildman–Crippen LogP) is 3.51. The molecule has 0 aliphatic heterocycles. The molecule has 1 aromatic rings. The lowest BCUT2D eigenvalue weighted by Crippen LogP contribution is -2.52. The topological polar surface area (TPSA) is 72.5 Å². The molecule has 0 aliphatic rings. The van der Waals surface area contributed by atoms with E-state index >= 15 is 0 Å². The second-order valence-electron chi connectivity index (χ2n) is 8.04. The SMILES string of the molecule is COc1cccc(CNC(C)(CNC(=O)OC(C)(C)C)CC(C)C)n1. The second-order valence-corrected chi connectivity index (χ2v) is 8.04. The van der Waals surface area contributed by atoms with Crippen LogP contribution in [-0.2, 0) is 11.3 Å². The number of amides is 1. The van der Waals surface area contributed by atoms with Gasteiger partial charge >= 0.3 is 6.09 Å². The lowest BCUT2D eigenvalue weighted by atomic mass is 9.90. The minimum absolute atomic E-state index is 0.268. The van der Waals surface area contributed by atoms with E-state index in [1.54, 1.807) is 7.11 Å². The van der Waals surface area contributed by atoms with Crippen molar-refractivity contribution in [1.29, 1.82) is 0 Å². The van der Waals surface area contributed by atoms with Gasteiger partial charge in [-0.15, -0.1) is 0 Å². The number of hydrogen-bond donors (Lipinski definition) is 2. The van der Waals surface area contributed by atoms with Crippen molar-refractivity contribution in [2.45, 2.75) is 65.6 Å². The van der Waals surface area contributed by atoms with Crippen molar-refractivity contribution in [3.63, 3.8) is 0 Å². The zero-order chi connectivity index (χ0) is 19.1. The number of nitrogens with zero attached hydrogens (tertiary/aromatic N) is 1. The van der Waals surface area contributed by atoms with E-state index in [2.05, 4.69) is 36.4 Å². The number of aromatic nitrogens is 1. The van der Waals surface area contributed by atoms with Crippen LogP contribution in [0.5, 0.6) is 5.88 Å². The molecule has 1 atom stereocenters. The molecule has 0 saturated carbocycles. The molecule has 6 nitrogen and oxygen atoms in total. The Balaban J connectivity index is 2.68. The van der Waals surface area contributed by atoms with Gasteiger partial charge in [0.15, 0.2) is 0 Å². The Morgan fingerprint density at radius 3 is 2.48 bits per heavy atom. The smallest absolute Gasteiger partial charge is 0.407 e. The molecular formula is C19H33N3O3. The monoisotopic (exact) mass is 351 g/mol. The summed E-state index contributed by atoms with van der Waals surface area (Å²) < 4.78 is 10.5. The first kappa shape index (κ1) is 21.2. The summed E-state index contributed by atoms with van der Waals surface area (Å²) in [5.41, 5.74) is 0.123. The number of carbonyl (C=O) groups is 1. The average molecular weight is 351 g/mol. The van der Waals surface area contributed by atoms with Crippen LogP contribution in [0.15, 0.2) is 18.2 Å². The third kappa shape index (κ3) is 8.72. The summed E-state index contributed by atoms with van der Waals surface area (Å²) in [6, 6.07) is 5.69. The number of carbonyl (C=O) groups excluding carboxylic acids is 1. The fourth-order valence-electron chi connectivity index (χ4n) is 2.66. The van der Waals surface area contributed by atoms with E-state index in [0.717, 1.165) is 12.1 Å². The number of ether oxygens (including phenoxy) is 2. The number of rotatable bonds is 8. The normalized spacial score (nSPS) is 14.1. The summed E-state index contributed by atoms with van der Waals surface area (Å²) >= 11 is 0. The van der Waals surface area contributed by atoms with Crippen LogP contribution in [0.4, 0.5) is 4.79 Å². The zero-order valence-corrected chi connectivity index (χ0v) is 16.6. The van der Waals surface area contributed by atoms with E-state index in [-0.39, 0.29) is 5.54 Å². The molecule has 0 aliphatic carbocycles. The maximum atomic E-state index is 12.0. The molecule has 142 valence electrons. The fourth-order valence-corrected chi connectivity index (χ4v) is 2.66. The van der Waals surface area contributed by atoms with Crippen LogP contribution in [0, 0.1) is 5.92 Å². The van der Waals surface area contributed by atoms with E-state index in [0.29, 0.717) is 24.9 Å². The Bertz CT molecular complexity index is 555. The standard InChI is InChI=1S/C19H33N3O3/c1-14(2)11-19(6,13-20-17(23)25-18(3,4)5)21-12-15-9-8-10-16(22-15)24-7/h8-10,14,21H,11-13H2,1-7H3,(H,20,23). The number of hydrogen-bond acceptors (Lipinski definition) is 5. The molecule has 0 spiro atoms. The van der Waals surface area contributed by atoms with Crippen molar-refractivity contribution in [3.05, 3.63) is 23.9 Å². The number of pyridine rings is 1. The third-order valence-electron chi connectivity index (χ3n) is 3.57. The van der Waals surface area contributed by atoms with E-state index in [4.69, 9.17) is 9.47 Å². The van der Waals surface area contributed by atoms with Gasteiger partial charge in [-0.2, -0.15) is 0 Å². The Hall–Kier alpha value is -1.82. The molecule has 0 radical (unpaired) electrons.